The Bertz CT molecular complexity index is 725. The van der Waals surface area contributed by atoms with E-state index < -0.39 is 0 Å². The molecule has 0 atom stereocenters. The Morgan fingerprint density at radius 1 is 0.914 bits per heavy atom. The standard InChI is InChI=1S/C13H18.C9H12.C6H10O.C2H6.2C2H4/c1-6-9-13(12(5)8-3)10-11(4)7-2;1-3-9-6-4-8(2)5-7-9;1-2-6-4-3-5(1)7-6;3*1-2/h6-10H,1-2H2,3-5H3;4-7H,3H2,1-2H3;5-6H,1-4H2;1-2H3;2*1-2H2/b11-10+,12-8-,13-9-;;;;;. The number of allylic oxidation sites excluding steroid dienone is 8. The summed E-state index contributed by atoms with van der Waals surface area (Å²) in [6.07, 6.45) is 17.7. The number of ether oxygens (including phenoxy) is 1. The van der Waals surface area contributed by atoms with Crippen molar-refractivity contribution < 1.29 is 4.74 Å². The van der Waals surface area contributed by atoms with Gasteiger partial charge in [0, 0.05) is 0 Å². The van der Waals surface area contributed by atoms with E-state index in [0.717, 1.165) is 12.0 Å². The van der Waals surface area contributed by atoms with Gasteiger partial charge < -0.3 is 4.74 Å². The average Bonchev–Trinajstić information content (AvgIpc) is 3.59. The second-order valence-corrected chi connectivity index (χ2v) is 7.80. The van der Waals surface area contributed by atoms with Gasteiger partial charge in [-0.25, -0.2) is 0 Å². The van der Waals surface area contributed by atoms with Crippen molar-refractivity contribution in [3.8, 4) is 0 Å². The van der Waals surface area contributed by atoms with Crippen LogP contribution in [0, 0.1) is 6.92 Å². The van der Waals surface area contributed by atoms with Crippen LogP contribution in [0.3, 0.4) is 0 Å². The number of aryl methyl sites for hydroxylation is 2. The van der Waals surface area contributed by atoms with Crippen LogP contribution in [0.15, 0.2) is 111 Å². The smallest absolute Gasteiger partial charge is 0.0580 e. The maximum absolute atomic E-state index is 5.47. The summed E-state index contributed by atoms with van der Waals surface area (Å²) in [4.78, 5) is 0. The number of hydrogen-bond acceptors (Lipinski definition) is 1. The molecule has 0 aliphatic carbocycles. The molecule has 2 saturated heterocycles. The normalized spacial score (nSPS) is 17.7. The van der Waals surface area contributed by atoms with Gasteiger partial charge in [-0.05, 0) is 76.5 Å². The fourth-order valence-electron chi connectivity index (χ4n) is 3.29. The third kappa shape index (κ3) is 18.4. The molecule has 0 N–H and O–H groups in total. The molecule has 1 aromatic carbocycles. The van der Waals surface area contributed by atoms with E-state index in [0.29, 0.717) is 12.2 Å². The van der Waals surface area contributed by atoms with Gasteiger partial charge >= 0.3 is 0 Å². The highest BCUT2D eigenvalue weighted by Crippen LogP contribution is 2.33. The summed E-state index contributed by atoms with van der Waals surface area (Å²) in [5.41, 5.74) is 6.36. The molecule has 2 aliphatic rings. The Morgan fingerprint density at radius 3 is 1.66 bits per heavy atom. The van der Waals surface area contributed by atoms with Crippen molar-refractivity contribution in [2.45, 2.75) is 92.8 Å². The largest absolute Gasteiger partial charge is 0.375 e. The molecule has 0 radical (unpaired) electrons. The van der Waals surface area contributed by atoms with Crippen LogP contribution >= 0.6 is 0 Å². The average molecular weight is 479 g/mol. The van der Waals surface area contributed by atoms with E-state index in [1.807, 2.05) is 39.8 Å². The predicted octanol–water partition coefficient (Wildman–Crippen LogP) is 10.7. The molecule has 1 nitrogen and oxygen atoms in total. The van der Waals surface area contributed by atoms with E-state index in [1.165, 1.54) is 48.0 Å². The first-order valence-electron chi connectivity index (χ1n) is 12.9. The summed E-state index contributed by atoms with van der Waals surface area (Å²) in [5.74, 6) is 0. The van der Waals surface area contributed by atoms with Crippen LogP contribution in [-0.4, -0.2) is 12.2 Å². The van der Waals surface area contributed by atoms with Gasteiger partial charge in [-0.15, -0.1) is 26.3 Å². The molecule has 0 saturated carbocycles. The van der Waals surface area contributed by atoms with Crippen molar-refractivity contribution in [2.24, 2.45) is 0 Å². The van der Waals surface area contributed by atoms with Gasteiger partial charge in [0.1, 0.15) is 0 Å². The van der Waals surface area contributed by atoms with Crippen LogP contribution in [0.2, 0.25) is 0 Å². The van der Waals surface area contributed by atoms with Gasteiger partial charge in [0.15, 0.2) is 0 Å². The van der Waals surface area contributed by atoms with Gasteiger partial charge in [0.2, 0.25) is 0 Å². The number of fused-ring (bicyclic) bond motifs is 2. The lowest BCUT2D eigenvalue weighted by atomic mass is 10.0. The van der Waals surface area contributed by atoms with Crippen molar-refractivity contribution in [2.75, 3.05) is 0 Å². The first kappa shape index (κ1) is 36.9. The van der Waals surface area contributed by atoms with Gasteiger partial charge in [-0.1, -0.05) is 99.7 Å². The summed E-state index contributed by atoms with van der Waals surface area (Å²) in [5, 5.41) is 0. The minimum Gasteiger partial charge on any atom is -0.375 e. The van der Waals surface area contributed by atoms with Crippen molar-refractivity contribution in [3.63, 3.8) is 0 Å². The maximum atomic E-state index is 5.47. The Hall–Kier alpha value is -2.64. The predicted molar refractivity (Wildman–Crippen MR) is 163 cm³/mol. The molecule has 2 aliphatic heterocycles. The first-order valence-corrected chi connectivity index (χ1v) is 12.9. The summed E-state index contributed by atoms with van der Waals surface area (Å²) in [6, 6.07) is 8.66. The van der Waals surface area contributed by atoms with Crippen LogP contribution in [-0.2, 0) is 11.2 Å². The highest BCUT2D eigenvalue weighted by Gasteiger charge is 2.31. The summed E-state index contributed by atoms with van der Waals surface area (Å²) in [7, 11) is 0. The Balaban J connectivity index is -0.000000406. The highest BCUT2D eigenvalue weighted by molar-refractivity contribution is 5.43. The molecule has 196 valence electrons. The quantitative estimate of drug-likeness (QED) is 0.302. The van der Waals surface area contributed by atoms with Gasteiger partial charge in [0.05, 0.1) is 12.2 Å². The lowest BCUT2D eigenvalue weighted by Crippen LogP contribution is -1.98. The van der Waals surface area contributed by atoms with Gasteiger partial charge in [0.25, 0.3) is 0 Å². The highest BCUT2D eigenvalue weighted by atomic mass is 16.5. The molecule has 1 aromatic rings. The fraction of sp³-hybridized carbons (Fsp3) is 0.412. The van der Waals surface area contributed by atoms with Crippen LogP contribution in [0.1, 0.15) is 78.4 Å². The fourth-order valence-corrected chi connectivity index (χ4v) is 3.29. The zero-order valence-corrected chi connectivity index (χ0v) is 24.0. The molecular formula is C34H54O. The minimum atomic E-state index is 0.671. The molecule has 1 heteroatoms. The summed E-state index contributed by atoms with van der Waals surface area (Å²) < 4.78 is 5.47. The monoisotopic (exact) mass is 478 g/mol. The molecule has 3 rings (SSSR count). The summed E-state index contributed by atoms with van der Waals surface area (Å²) in [6.45, 7) is 33.8. The molecule has 2 heterocycles. The third-order valence-corrected chi connectivity index (χ3v) is 5.43. The topological polar surface area (TPSA) is 9.23 Å². The molecule has 0 spiro atoms. The maximum Gasteiger partial charge on any atom is 0.0580 e. The zero-order chi connectivity index (χ0) is 27.6. The SMILES string of the molecule is C1CC2CCC1O2.C=C.C=C.C=C/C=C(/C=C(\C)C=C)C(\C)=C/C.CC.CCc1ccc(C)cc1. The number of benzene rings is 1. The minimum absolute atomic E-state index is 0.671. The van der Waals surface area contributed by atoms with Crippen molar-refractivity contribution in [1.82, 2.24) is 0 Å². The van der Waals surface area contributed by atoms with Crippen molar-refractivity contribution in [1.29, 1.82) is 0 Å². The van der Waals surface area contributed by atoms with E-state index in [1.54, 1.807) is 6.08 Å². The summed E-state index contributed by atoms with van der Waals surface area (Å²) >= 11 is 0. The van der Waals surface area contributed by atoms with E-state index in [4.69, 9.17) is 4.74 Å². The van der Waals surface area contributed by atoms with E-state index in [-0.39, 0.29) is 0 Å². The molecule has 0 unspecified atom stereocenters. The molecule has 0 amide bonds. The van der Waals surface area contributed by atoms with Crippen LogP contribution < -0.4 is 0 Å². The van der Waals surface area contributed by atoms with Gasteiger partial charge in [-0.2, -0.15) is 0 Å². The Kier molecular flexibility index (Phi) is 27.4. The Morgan fingerprint density at radius 2 is 1.37 bits per heavy atom. The van der Waals surface area contributed by atoms with Crippen molar-refractivity contribution >= 4 is 0 Å². The second-order valence-electron chi connectivity index (χ2n) is 7.80. The molecule has 35 heavy (non-hydrogen) atoms. The third-order valence-electron chi connectivity index (χ3n) is 5.43. The van der Waals surface area contributed by atoms with Gasteiger partial charge in [-0.3, -0.25) is 0 Å². The zero-order valence-electron chi connectivity index (χ0n) is 24.0. The molecular weight excluding hydrogens is 424 g/mol. The molecule has 2 fully saturated rings. The Labute approximate surface area is 219 Å². The number of hydrogen-bond donors (Lipinski definition) is 0. The lowest BCUT2D eigenvalue weighted by Gasteiger charge is -2.01. The van der Waals surface area contributed by atoms with E-state index in [2.05, 4.69) is 96.7 Å². The second kappa shape index (κ2) is 26.0. The first-order chi connectivity index (χ1) is 16.9. The molecule has 2 bridgehead atoms. The lowest BCUT2D eigenvalue weighted by molar-refractivity contribution is 0.105. The van der Waals surface area contributed by atoms with E-state index in [9.17, 15) is 0 Å². The van der Waals surface area contributed by atoms with Crippen LogP contribution in [0.25, 0.3) is 0 Å². The van der Waals surface area contributed by atoms with Crippen LogP contribution in [0.4, 0.5) is 0 Å². The number of rotatable bonds is 5. The van der Waals surface area contributed by atoms with Crippen LogP contribution in [0.5, 0.6) is 0 Å². The molecule has 0 aromatic heterocycles. The van der Waals surface area contributed by atoms with Crippen molar-refractivity contribution in [3.05, 3.63) is 122 Å². The van der Waals surface area contributed by atoms with E-state index >= 15 is 0 Å².